The molecule has 0 bridgehead atoms. The predicted molar refractivity (Wildman–Crippen MR) is 70.2 cm³/mol. The van der Waals surface area contributed by atoms with Gasteiger partial charge in [-0.2, -0.15) is 0 Å². The monoisotopic (exact) mass is 286 g/mol. The number of thiazole rings is 1. The van der Waals surface area contributed by atoms with E-state index in [4.69, 9.17) is 14.6 Å². The summed E-state index contributed by atoms with van der Waals surface area (Å²) in [6.07, 6.45) is -0.128. The molecule has 0 spiro atoms. The third-order valence-electron chi connectivity index (χ3n) is 2.81. The van der Waals surface area contributed by atoms with Crippen LogP contribution < -0.4 is 0 Å². The average molecular weight is 286 g/mol. The first-order valence-corrected chi connectivity index (χ1v) is 7.17. The molecule has 0 amide bonds. The van der Waals surface area contributed by atoms with Crippen LogP contribution in [-0.4, -0.2) is 60.0 Å². The van der Waals surface area contributed by atoms with Crippen LogP contribution in [0, 0.1) is 0 Å². The molecule has 19 heavy (non-hydrogen) atoms. The third-order valence-corrected chi connectivity index (χ3v) is 3.69. The van der Waals surface area contributed by atoms with Crippen LogP contribution in [-0.2, 0) is 16.0 Å². The molecule has 0 aliphatic carbocycles. The Hall–Kier alpha value is -1.02. The second-order valence-corrected chi connectivity index (χ2v) is 5.13. The summed E-state index contributed by atoms with van der Waals surface area (Å²) in [5.41, 5.74) is 0.853. The van der Waals surface area contributed by atoms with Crippen LogP contribution in [0.3, 0.4) is 0 Å². The first-order valence-electron chi connectivity index (χ1n) is 6.29. The first-order chi connectivity index (χ1) is 9.22. The van der Waals surface area contributed by atoms with Gasteiger partial charge >= 0.3 is 5.97 Å². The molecule has 0 radical (unpaired) electrons. The molecule has 2 heterocycles. The SMILES string of the molecule is CCOC(=O)c1nc(CN2CCOC(CO)C2)cs1. The van der Waals surface area contributed by atoms with Gasteiger partial charge in [-0.15, -0.1) is 11.3 Å². The van der Waals surface area contributed by atoms with Gasteiger partial charge in [-0.3, -0.25) is 4.90 Å². The van der Waals surface area contributed by atoms with Crippen LogP contribution >= 0.6 is 11.3 Å². The summed E-state index contributed by atoms with van der Waals surface area (Å²) >= 11 is 1.30. The molecule has 6 nitrogen and oxygen atoms in total. The molecule has 1 aromatic rings. The minimum absolute atomic E-state index is 0.0294. The fourth-order valence-corrected chi connectivity index (χ4v) is 2.63. The highest BCUT2D eigenvalue weighted by molar-refractivity contribution is 7.11. The van der Waals surface area contributed by atoms with Crippen LogP contribution in [0.25, 0.3) is 0 Å². The lowest BCUT2D eigenvalue weighted by molar-refractivity contribution is -0.0553. The largest absolute Gasteiger partial charge is 0.461 e. The fourth-order valence-electron chi connectivity index (χ4n) is 1.93. The molecule has 1 N–H and O–H groups in total. The topological polar surface area (TPSA) is 71.9 Å². The Bertz CT molecular complexity index is 424. The van der Waals surface area contributed by atoms with Gasteiger partial charge in [0, 0.05) is 25.0 Å². The zero-order valence-corrected chi connectivity index (χ0v) is 11.7. The molecule has 0 saturated carbocycles. The summed E-state index contributed by atoms with van der Waals surface area (Å²) in [6.45, 7) is 4.92. The van der Waals surface area contributed by atoms with Crippen molar-refractivity contribution < 1.29 is 19.4 Å². The van der Waals surface area contributed by atoms with Gasteiger partial charge < -0.3 is 14.6 Å². The number of nitrogens with zero attached hydrogens (tertiary/aromatic N) is 2. The summed E-state index contributed by atoms with van der Waals surface area (Å²) in [6, 6.07) is 0. The number of carbonyl (C=O) groups is 1. The van der Waals surface area contributed by atoms with Crippen LogP contribution in [0.5, 0.6) is 0 Å². The Labute approximate surface area is 116 Å². The van der Waals surface area contributed by atoms with Gasteiger partial charge in [-0.05, 0) is 6.92 Å². The van der Waals surface area contributed by atoms with Crippen molar-refractivity contribution in [2.75, 3.05) is 32.9 Å². The van der Waals surface area contributed by atoms with Crippen LogP contribution in [0.1, 0.15) is 22.4 Å². The van der Waals surface area contributed by atoms with E-state index in [1.807, 2.05) is 5.38 Å². The van der Waals surface area contributed by atoms with Gasteiger partial charge in [0.1, 0.15) is 0 Å². The Morgan fingerprint density at radius 2 is 2.58 bits per heavy atom. The van der Waals surface area contributed by atoms with E-state index in [9.17, 15) is 4.79 Å². The summed E-state index contributed by atoms with van der Waals surface area (Å²) < 4.78 is 10.3. The summed E-state index contributed by atoms with van der Waals surface area (Å²) in [7, 11) is 0. The molecule has 106 valence electrons. The van der Waals surface area contributed by atoms with E-state index in [2.05, 4.69) is 9.88 Å². The van der Waals surface area contributed by atoms with E-state index in [0.29, 0.717) is 31.3 Å². The minimum Gasteiger partial charge on any atom is -0.461 e. The van der Waals surface area contributed by atoms with Crippen molar-refractivity contribution in [2.45, 2.75) is 19.6 Å². The Morgan fingerprint density at radius 1 is 1.74 bits per heavy atom. The van der Waals surface area contributed by atoms with Gasteiger partial charge in [0.05, 0.1) is 31.6 Å². The molecule has 2 rings (SSSR count). The third kappa shape index (κ3) is 3.97. The number of aromatic nitrogens is 1. The van der Waals surface area contributed by atoms with Gasteiger partial charge in [0.15, 0.2) is 0 Å². The summed E-state index contributed by atoms with van der Waals surface area (Å²) in [5, 5.41) is 11.3. The number of hydrogen-bond donors (Lipinski definition) is 1. The number of hydrogen-bond acceptors (Lipinski definition) is 7. The standard InChI is InChI=1S/C12H18N2O4S/c1-2-17-12(16)11-13-9(8-19-11)5-14-3-4-18-10(6-14)7-15/h8,10,15H,2-7H2,1H3. The quantitative estimate of drug-likeness (QED) is 0.795. The predicted octanol–water partition coefficient (Wildman–Crippen LogP) is 0.513. The Morgan fingerprint density at radius 3 is 3.32 bits per heavy atom. The zero-order chi connectivity index (χ0) is 13.7. The van der Waals surface area contributed by atoms with Crippen molar-refractivity contribution in [3.05, 3.63) is 16.1 Å². The maximum atomic E-state index is 11.5. The van der Waals surface area contributed by atoms with E-state index in [1.165, 1.54) is 11.3 Å². The van der Waals surface area contributed by atoms with Crippen molar-refractivity contribution in [1.82, 2.24) is 9.88 Å². The van der Waals surface area contributed by atoms with Crippen molar-refractivity contribution in [3.8, 4) is 0 Å². The lowest BCUT2D eigenvalue weighted by atomic mass is 10.2. The maximum absolute atomic E-state index is 11.5. The molecule has 1 aromatic heterocycles. The van der Waals surface area contributed by atoms with E-state index >= 15 is 0 Å². The molecule has 0 aromatic carbocycles. The Balaban J connectivity index is 1.90. The van der Waals surface area contributed by atoms with Crippen molar-refractivity contribution in [2.24, 2.45) is 0 Å². The lowest BCUT2D eigenvalue weighted by Crippen LogP contribution is -2.43. The van der Waals surface area contributed by atoms with E-state index in [0.717, 1.165) is 12.2 Å². The van der Waals surface area contributed by atoms with Crippen molar-refractivity contribution in [1.29, 1.82) is 0 Å². The highest BCUT2D eigenvalue weighted by Gasteiger charge is 2.21. The molecule has 1 saturated heterocycles. The van der Waals surface area contributed by atoms with Crippen molar-refractivity contribution in [3.63, 3.8) is 0 Å². The van der Waals surface area contributed by atoms with Gasteiger partial charge in [0.25, 0.3) is 0 Å². The molecule has 1 aliphatic rings. The molecule has 1 atom stereocenters. The van der Waals surface area contributed by atoms with Crippen LogP contribution in [0.15, 0.2) is 5.38 Å². The molecule has 1 fully saturated rings. The maximum Gasteiger partial charge on any atom is 0.367 e. The van der Waals surface area contributed by atoms with E-state index in [1.54, 1.807) is 6.92 Å². The number of aliphatic hydroxyl groups excluding tert-OH is 1. The molecular weight excluding hydrogens is 268 g/mol. The van der Waals surface area contributed by atoms with E-state index in [-0.39, 0.29) is 18.7 Å². The second-order valence-electron chi connectivity index (χ2n) is 4.27. The zero-order valence-electron chi connectivity index (χ0n) is 10.9. The molecule has 1 aliphatic heterocycles. The highest BCUT2D eigenvalue weighted by atomic mass is 32.1. The summed E-state index contributed by atoms with van der Waals surface area (Å²) in [4.78, 5) is 17.9. The molecule has 7 heteroatoms. The number of morpholine rings is 1. The van der Waals surface area contributed by atoms with Gasteiger partial charge in [-0.25, -0.2) is 9.78 Å². The number of esters is 1. The van der Waals surface area contributed by atoms with E-state index < -0.39 is 0 Å². The smallest absolute Gasteiger partial charge is 0.367 e. The van der Waals surface area contributed by atoms with Crippen LogP contribution in [0.2, 0.25) is 0 Å². The number of carbonyl (C=O) groups excluding carboxylic acids is 1. The number of aliphatic hydroxyl groups is 1. The number of ether oxygens (including phenoxy) is 2. The van der Waals surface area contributed by atoms with Crippen LogP contribution in [0.4, 0.5) is 0 Å². The van der Waals surface area contributed by atoms with Crippen molar-refractivity contribution >= 4 is 17.3 Å². The Kier molecular flexibility index (Phi) is 5.26. The molecular formula is C12H18N2O4S. The average Bonchev–Trinajstić information content (AvgIpc) is 2.88. The lowest BCUT2D eigenvalue weighted by Gasteiger charge is -2.31. The summed E-state index contributed by atoms with van der Waals surface area (Å²) in [5.74, 6) is -0.367. The number of rotatable bonds is 5. The van der Waals surface area contributed by atoms with Gasteiger partial charge in [0.2, 0.25) is 5.01 Å². The molecule has 1 unspecified atom stereocenters. The minimum atomic E-state index is -0.367. The normalized spacial score (nSPS) is 20.4. The second kappa shape index (κ2) is 6.95. The highest BCUT2D eigenvalue weighted by Crippen LogP contribution is 2.15. The first kappa shape index (κ1) is 14.4. The fraction of sp³-hybridized carbons (Fsp3) is 0.667. The van der Waals surface area contributed by atoms with Gasteiger partial charge in [-0.1, -0.05) is 0 Å².